The van der Waals surface area contributed by atoms with E-state index in [2.05, 4.69) is 15.0 Å². The molecular formula is C22H28N2O6. The Morgan fingerprint density at radius 1 is 1.17 bits per heavy atom. The third-order valence-electron chi connectivity index (χ3n) is 4.32. The van der Waals surface area contributed by atoms with E-state index >= 15 is 0 Å². The predicted octanol–water partition coefficient (Wildman–Crippen LogP) is 2.83. The lowest BCUT2D eigenvalue weighted by atomic mass is 10.0. The molecule has 1 aromatic heterocycles. The number of amides is 1. The number of nitrogens with one attached hydrogen (secondary N) is 1. The number of rotatable bonds is 10. The quantitative estimate of drug-likeness (QED) is 0.593. The lowest BCUT2D eigenvalue weighted by Crippen LogP contribution is -2.44. The van der Waals surface area contributed by atoms with Crippen LogP contribution in [0.1, 0.15) is 38.1 Å². The lowest BCUT2D eigenvalue weighted by Gasteiger charge is -2.18. The molecule has 0 aliphatic heterocycles. The summed E-state index contributed by atoms with van der Waals surface area (Å²) in [5, 5.41) is 2.53. The Labute approximate surface area is 176 Å². The minimum Gasteiger partial charge on any atom is -0.467 e. The smallest absolute Gasteiger partial charge is 0.328 e. The Balaban J connectivity index is 1.77. The maximum atomic E-state index is 12.0. The Morgan fingerprint density at radius 3 is 2.50 bits per heavy atom. The van der Waals surface area contributed by atoms with Gasteiger partial charge in [0.2, 0.25) is 0 Å². The summed E-state index contributed by atoms with van der Waals surface area (Å²) in [6.45, 7) is 5.39. The number of benzene rings is 1. The van der Waals surface area contributed by atoms with Crippen molar-refractivity contribution in [1.29, 1.82) is 0 Å². The highest BCUT2D eigenvalue weighted by Gasteiger charge is 2.23. The van der Waals surface area contributed by atoms with Crippen LogP contribution < -0.4 is 5.32 Å². The minimum absolute atomic E-state index is 0.0214. The number of ether oxygens (including phenoxy) is 2. The monoisotopic (exact) mass is 416 g/mol. The Hall–Kier alpha value is -3.16. The van der Waals surface area contributed by atoms with Gasteiger partial charge in [-0.2, -0.15) is 0 Å². The van der Waals surface area contributed by atoms with Crippen LogP contribution in [0.2, 0.25) is 0 Å². The number of carbonyl (C=O) groups excluding carboxylic acids is 3. The van der Waals surface area contributed by atoms with Crippen molar-refractivity contribution in [3.8, 4) is 11.3 Å². The number of carbonyl (C=O) groups is 3. The zero-order chi connectivity index (χ0) is 22.1. The van der Waals surface area contributed by atoms with Gasteiger partial charge >= 0.3 is 11.9 Å². The zero-order valence-corrected chi connectivity index (χ0v) is 17.8. The van der Waals surface area contributed by atoms with Crippen molar-refractivity contribution in [3.05, 3.63) is 41.9 Å². The summed E-state index contributed by atoms with van der Waals surface area (Å²) < 4.78 is 15.3. The molecule has 2 aromatic rings. The van der Waals surface area contributed by atoms with Crippen molar-refractivity contribution in [3.63, 3.8) is 0 Å². The van der Waals surface area contributed by atoms with E-state index in [0.29, 0.717) is 18.1 Å². The van der Waals surface area contributed by atoms with Crippen LogP contribution >= 0.6 is 0 Å². The van der Waals surface area contributed by atoms with Crippen LogP contribution in [0.4, 0.5) is 0 Å². The van der Waals surface area contributed by atoms with E-state index in [1.54, 1.807) is 6.20 Å². The maximum absolute atomic E-state index is 12.0. The van der Waals surface area contributed by atoms with E-state index in [4.69, 9.17) is 9.15 Å². The van der Waals surface area contributed by atoms with Crippen LogP contribution in [0.15, 0.2) is 34.9 Å². The number of oxazole rings is 1. The summed E-state index contributed by atoms with van der Waals surface area (Å²) in [6, 6.07) is 7.06. The first-order valence-electron chi connectivity index (χ1n) is 9.83. The molecule has 8 heteroatoms. The van der Waals surface area contributed by atoms with Crippen molar-refractivity contribution in [1.82, 2.24) is 10.3 Å². The van der Waals surface area contributed by atoms with Crippen LogP contribution in [0.3, 0.4) is 0 Å². The van der Waals surface area contributed by atoms with Gasteiger partial charge in [-0.05, 0) is 19.3 Å². The molecule has 0 aliphatic carbocycles. The largest absolute Gasteiger partial charge is 0.467 e. The van der Waals surface area contributed by atoms with Gasteiger partial charge in [0, 0.05) is 12.0 Å². The first kappa shape index (κ1) is 23.1. The molecule has 0 bridgehead atoms. The van der Waals surface area contributed by atoms with Crippen molar-refractivity contribution in [2.45, 2.75) is 46.1 Å². The van der Waals surface area contributed by atoms with Gasteiger partial charge in [-0.1, -0.05) is 43.7 Å². The molecule has 1 atom stereocenters. The van der Waals surface area contributed by atoms with Crippen LogP contribution in [0.25, 0.3) is 11.3 Å². The molecule has 0 spiro atoms. The highest BCUT2D eigenvalue weighted by molar-refractivity contribution is 5.86. The average Bonchev–Trinajstić information content (AvgIpc) is 3.19. The lowest BCUT2D eigenvalue weighted by molar-refractivity contribution is -0.150. The molecule has 1 heterocycles. The Morgan fingerprint density at radius 2 is 1.87 bits per heavy atom. The fourth-order valence-corrected chi connectivity index (χ4v) is 2.77. The van der Waals surface area contributed by atoms with Crippen molar-refractivity contribution >= 4 is 17.8 Å². The van der Waals surface area contributed by atoms with Gasteiger partial charge in [-0.25, -0.2) is 9.78 Å². The van der Waals surface area contributed by atoms with E-state index in [1.807, 2.05) is 45.0 Å². The standard InChI is InChI=1S/C22H28N2O6/c1-14(2)11-17(22(27)28-4)24-19(25)13-29-21(26)10-9-20-23-12-18(30-20)16-7-5-15(3)6-8-16/h5-8,12,14,17H,9-11,13H2,1-4H3,(H,24,25). The number of aryl methyl sites for hydroxylation is 2. The highest BCUT2D eigenvalue weighted by atomic mass is 16.5. The molecule has 0 radical (unpaired) electrons. The summed E-state index contributed by atoms with van der Waals surface area (Å²) in [5.41, 5.74) is 2.05. The molecule has 1 amide bonds. The molecule has 0 saturated heterocycles. The summed E-state index contributed by atoms with van der Waals surface area (Å²) in [5.74, 6) is -0.429. The van der Waals surface area contributed by atoms with E-state index in [0.717, 1.165) is 11.1 Å². The molecule has 0 saturated carbocycles. The molecule has 162 valence electrons. The molecule has 2 rings (SSSR count). The van der Waals surface area contributed by atoms with Gasteiger partial charge in [-0.15, -0.1) is 0 Å². The van der Waals surface area contributed by atoms with Gasteiger partial charge in [0.05, 0.1) is 19.7 Å². The fraction of sp³-hybridized carbons (Fsp3) is 0.455. The fourth-order valence-electron chi connectivity index (χ4n) is 2.77. The minimum atomic E-state index is -0.770. The van der Waals surface area contributed by atoms with Crippen LogP contribution in [-0.2, 0) is 30.3 Å². The van der Waals surface area contributed by atoms with Crippen LogP contribution in [-0.4, -0.2) is 42.6 Å². The average molecular weight is 416 g/mol. The molecule has 1 aromatic carbocycles. The molecule has 0 aliphatic rings. The molecule has 0 fully saturated rings. The second-order valence-corrected chi connectivity index (χ2v) is 7.42. The van der Waals surface area contributed by atoms with Gasteiger partial charge in [0.25, 0.3) is 5.91 Å². The van der Waals surface area contributed by atoms with Crippen molar-refractivity contribution in [2.24, 2.45) is 5.92 Å². The van der Waals surface area contributed by atoms with Gasteiger partial charge in [-0.3, -0.25) is 9.59 Å². The maximum Gasteiger partial charge on any atom is 0.328 e. The SMILES string of the molecule is COC(=O)C(CC(C)C)NC(=O)COC(=O)CCc1ncc(-c2ccc(C)cc2)o1. The second kappa shape index (κ2) is 11.1. The zero-order valence-electron chi connectivity index (χ0n) is 17.8. The Bertz CT molecular complexity index is 857. The van der Waals surface area contributed by atoms with Crippen LogP contribution in [0, 0.1) is 12.8 Å². The Kier molecular flexibility index (Phi) is 8.58. The van der Waals surface area contributed by atoms with E-state index < -0.39 is 30.5 Å². The summed E-state index contributed by atoms with van der Waals surface area (Å²) >= 11 is 0. The summed E-state index contributed by atoms with van der Waals surface area (Å²) in [6.07, 6.45) is 2.32. The van der Waals surface area contributed by atoms with Gasteiger partial charge in [0.15, 0.2) is 18.3 Å². The third-order valence-corrected chi connectivity index (χ3v) is 4.32. The van der Waals surface area contributed by atoms with E-state index in [1.165, 1.54) is 7.11 Å². The number of nitrogens with zero attached hydrogens (tertiary/aromatic N) is 1. The molecule has 8 nitrogen and oxygen atoms in total. The predicted molar refractivity (Wildman–Crippen MR) is 109 cm³/mol. The normalized spacial score (nSPS) is 11.8. The molecular weight excluding hydrogens is 388 g/mol. The number of methoxy groups -OCH3 is 1. The van der Waals surface area contributed by atoms with Crippen molar-refractivity contribution in [2.75, 3.05) is 13.7 Å². The third kappa shape index (κ3) is 7.35. The van der Waals surface area contributed by atoms with Gasteiger partial charge < -0.3 is 19.2 Å². The first-order chi connectivity index (χ1) is 14.3. The van der Waals surface area contributed by atoms with Crippen molar-refractivity contribution < 1.29 is 28.3 Å². The summed E-state index contributed by atoms with van der Waals surface area (Å²) in [4.78, 5) is 39.8. The topological polar surface area (TPSA) is 108 Å². The summed E-state index contributed by atoms with van der Waals surface area (Å²) in [7, 11) is 1.26. The second-order valence-electron chi connectivity index (χ2n) is 7.42. The van der Waals surface area contributed by atoms with E-state index in [9.17, 15) is 14.4 Å². The number of aromatic nitrogens is 1. The highest BCUT2D eigenvalue weighted by Crippen LogP contribution is 2.21. The molecule has 30 heavy (non-hydrogen) atoms. The molecule has 1 N–H and O–H groups in total. The van der Waals surface area contributed by atoms with Crippen LogP contribution in [0.5, 0.6) is 0 Å². The van der Waals surface area contributed by atoms with E-state index in [-0.39, 0.29) is 18.8 Å². The van der Waals surface area contributed by atoms with Gasteiger partial charge in [0.1, 0.15) is 6.04 Å². The molecule has 1 unspecified atom stereocenters. The first-order valence-corrected chi connectivity index (χ1v) is 9.83. The number of esters is 2. The number of hydrogen-bond acceptors (Lipinski definition) is 7. The number of hydrogen-bond donors (Lipinski definition) is 1.